The lowest BCUT2D eigenvalue weighted by atomic mass is 10.4. The molecule has 0 amide bonds. The van der Waals surface area contributed by atoms with Crippen molar-refractivity contribution in [3.63, 3.8) is 0 Å². The molecule has 1 heterocycles. The Kier molecular flexibility index (Phi) is 3.15. The van der Waals surface area contributed by atoms with E-state index in [-0.39, 0.29) is 10.9 Å². The average Bonchev–Trinajstić information content (AvgIpc) is 2.08. The molecular weight excluding hydrogens is 188 g/mol. The average molecular weight is 196 g/mol. The maximum atomic E-state index is 8.91. The van der Waals surface area contributed by atoms with Crippen LogP contribution in [0.25, 0.3) is 0 Å². The second kappa shape index (κ2) is 4.36. The summed E-state index contributed by atoms with van der Waals surface area (Å²) in [4.78, 5) is 3.85. The Morgan fingerprint density at radius 3 is 3.00 bits per heavy atom. The van der Waals surface area contributed by atoms with Gasteiger partial charge in [0.15, 0.2) is 5.11 Å². The highest BCUT2D eigenvalue weighted by Crippen LogP contribution is 2.03. The van der Waals surface area contributed by atoms with Crippen LogP contribution >= 0.6 is 12.2 Å². The van der Waals surface area contributed by atoms with Crippen LogP contribution in [-0.4, -0.2) is 21.4 Å². The van der Waals surface area contributed by atoms with E-state index in [2.05, 4.69) is 27.7 Å². The molecule has 0 unspecified atom stereocenters. The van der Waals surface area contributed by atoms with Crippen LogP contribution in [0.2, 0.25) is 0 Å². The summed E-state index contributed by atoms with van der Waals surface area (Å²) < 4.78 is 0. The van der Waals surface area contributed by atoms with Crippen LogP contribution in [0.1, 0.15) is 5.69 Å². The van der Waals surface area contributed by atoms with Crippen molar-refractivity contribution in [2.75, 3.05) is 0 Å². The first-order valence-electron chi connectivity index (χ1n) is 3.42. The number of thiocarbonyl (C=S) groups is 1. The highest BCUT2D eigenvalue weighted by Gasteiger charge is 1.89. The Morgan fingerprint density at radius 1 is 1.69 bits per heavy atom. The number of hydrazone groups is 1. The largest absolute Gasteiger partial charge is 0.506 e. The second-order valence-electron chi connectivity index (χ2n) is 2.18. The van der Waals surface area contributed by atoms with Crippen molar-refractivity contribution in [3.8, 4) is 5.75 Å². The summed E-state index contributed by atoms with van der Waals surface area (Å²) in [6.07, 6.45) is 2.76. The van der Waals surface area contributed by atoms with Gasteiger partial charge >= 0.3 is 0 Å². The summed E-state index contributed by atoms with van der Waals surface area (Å²) in [6, 6.07) is 3.12. The van der Waals surface area contributed by atoms with Crippen LogP contribution < -0.4 is 11.2 Å². The zero-order chi connectivity index (χ0) is 9.68. The van der Waals surface area contributed by atoms with E-state index in [0.717, 1.165) is 0 Å². The SMILES string of the molecule is NC(=S)N/N=C/c1ccc(O)cn1. The minimum absolute atomic E-state index is 0.0926. The number of hydrogen-bond acceptors (Lipinski definition) is 4. The fraction of sp³-hybridized carbons (Fsp3) is 0. The van der Waals surface area contributed by atoms with Gasteiger partial charge in [0.1, 0.15) is 5.75 Å². The van der Waals surface area contributed by atoms with Gasteiger partial charge in [-0.25, -0.2) is 0 Å². The standard InChI is InChI=1S/C7H8N4OS/c8-7(13)11-10-3-5-1-2-6(12)4-9-5/h1-4,12H,(H3,8,11,13)/b10-3+. The number of pyridine rings is 1. The fourth-order valence-corrected chi connectivity index (χ4v) is 0.689. The zero-order valence-corrected chi connectivity index (χ0v) is 7.45. The van der Waals surface area contributed by atoms with E-state index in [0.29, 0.717) is 5.69 Å². The molecule has 1 aromatic heterocycles. The van der Waals surface area contributed by atoms with Gasteiger partial charge in [-0.1, -0.05) is 0 Å². The van der Waals surface area contributed by atoms with Gasteiger partial charge in [-0.15, -0.1) is 0 Å². The number of aromatic nitrogens is 1. The van der Waals surface area contributed by atoms with E-state index in [1.165, 1.54) is 18.5 Å². The molecule has 68 valence electrons. The van der Waals surface area contributed by atoms with Crippen LogP contribution in [-0.2, 0) is 0 Å². The third-order valence-corrected chi connectivity index (χ3v) is 1.23. The van der Waals surface area contributed by atoms with E-state index < -0.39 is 0 Å². The summed E-state index contributed by atoms with van der Waals surface area (Å²) in [5, 5.41) is 12.7. The number of nitrogens with one attached hydrogen (secondary N) is 1. The Bertz CT molecular complexity index is 322. The fourth-order valence-electron chi connectivity index (χ4n) is 0.636. The van der Waals surface area contributed by atoms with Crippen LogP contribution in [0.4, 0.5) is 0 Å². The van der Waals surface area contributed by atoms with Crippen molar-refractivity contribution in [2.24, 2.45) is 10.8 Å². The van der Waals surface area contributed by atoms with Crippen LogP contribution in [0.5, 0.6) is 5.75 Å². The lowest BCUT2D eigenvalue weighted by Crippen LogP contribution is -2.24. The normalized spacial score (nSPS) is 10.2. The number of hydrogen-bond donors (Lipinski definition) is 3. The van der Waals surface area contributed by atoms with E-state index >= 15 is 0 Å². The Morgan fingerprint density at radius 2 is 2.46 bits per heavy atom. The number of nitrogens with zero attached hydrogens (tertiary/aromatic N) is 2. The maximum absolute atomic E-state index is 8.91. The van der Waals surface area contributed by atoms with Crippen LogP contribution in [0, 0.1) is 0 Å². The zero-order valence-electron chi connectivity index (χ0n) is 6.64. The molecule has 5 nitrogen and oxygen atoms in total. The van der Waals surface area contributed by atoms with E-state index in [1.807, 2.05) is 0 Å². The molecule has 0 radical (unpaired) electrons. The maximum Gasteiger partial charge on any atom is 0.184 e. The monoisotopic (exact) mass is 196 g/mol. The topological polar surface area (TPSA) is 83.5 Å². The number of aromatic hydroxyl groups is 1. The van der Waals surface area contributed by atoms with Crippen molar-refractivity contribution in [1.29, 1.82) is 0 Å². The summed E-state index contributed by atoms with van der Waals surface area (Å²) in [6.45, 7) is 0. The Hall–Kier alpha value is -1.69. The van der Waals surface area contributed by atoms with E-state index in [9.17, 15) is 0 Å². The van der Waals surface area contributed by atoms with Crippen molar-refractivity contribution < 1.29 is 5.11 Å². The van der Waals surface area contributed by atoms with E-state index in [4.69, 9.17) is 10.8 Å². The van der Waals surface area contributed by atoms with Crippen molar-refractivity contribution >= 4 is 23.5 Å². The van der Waals surface area contributed by atoms with Gasteiger partial charge in [0.25, 0.3) is 0 Å². The molecule has 0 spiro atoms. The molecule has 0 aliphatic heterocycles. The minimum Gasteiger partial charge on any atom is -0.506 e. The van der Waals surface area contributed by atoms with E-state index in [1.54, 1.807) is 6.07 Å². The summed E-state index contributed by atoms with van der Waals surface area (Å²) >= 11 is 4.52. The molecular formula is C7H8N4OS. The first kappa shape index (κ1) is 9.40. The molecule has 0 aromatic carbocycles. The first-order valence-corrected chi connectivity index (χ1v) is 3.83. The molecule has 0 aliphatic rings. The van der Waals surface area contributed by atoms with Gasteiger partial charge in [0.2, 0.25) is 0 Å². The van der Waals surface area contributed by atoms with Gasteiger partial charge in [0.05, 0.1) is 18.1 Å². The van der Waals surface area contributed by atoms with Crippen molar-refractivity contribution in [2.45, 2.75) is 0 Å². The van der Waals surface area contributed by atoms with Gasteiger partial charge in [0, 0.05) is 0 Å². The lowest BCUT2D eigenvalue weighted by molar-refractivity contribution is 0.472. The molecule has 0 aliphatic carbocycles. The molecule has 0 atom stereocenters. The van der Waals surface area contributed by atoms with Gasteiger partial charge < -0.3 is 10.8 Å². The van der Waals surface area contributed by atoms with Crippen LogP contribution in [0.15, 0.2) is 23.4 Å². The third kappa shape index (κ3) is 3.48. The van der Waals surface area contributed by atoms with Crippen molar-refractivity contribution in [1.82, 2.24) is 10.4 Å². The molecule has 0 saturated carbocycles. The molecule has 0 bridgehead atoms. The molecule has 1 rings (SSSR count). The summed E-state index contributed by atoms with van der Waals surface area (Å²) in [5.74, 6) is 0.111. The second-order valence-corrected chi connectivity index (χ2v) is 2.62. The molecule has 0 fully saturated rings. The quantitative estimate of drug-likeness (QED) is 0.351. The highest BCUT2D eigenvalue weighted by atomic mass is 32.1. The summed E-state index contributed by atoms with van der Waals surface area (Å²) in [7, 11) is 0. The minimum atomic E-state index is 0.0926. The third-order valence-electron chi connectivity index (χ3n) is 1.14. The predicted octanol–water partition coefficient (Wildman–Crippen LogP) is -0.0457. The van der Waals surface area contributed by atoms with Gasteiger partial charge in [-0.2, -0.15) is 5.10 Å². The predicted molar refractivity (Wildman–Crippen MR) is 53.4 cm³/mol. The first-order chi connectivity index (χ1) is 6.18. The Labute approximate surface area is 80.3 Å². The van der Waals surface area contributed by atoms with Gasteiger partial charge in [-0.05, 0) is 24.4 Å². The molecule has 13 heavy (non-hydrogen) atoms. The summed E-state index contributed by atoms with van der Waals surface area (Å²) in [5.41, 5.74) is 8.11. The number of rotatable bonds is 2. The molecule has 0 saturated heterocycles. The van der Waals surface area contributed by atoms with Crippen molar-refractivity contribution in [3.05, 3.63) is 24.0 Å². The lowest BCUT2D eigenvalue weighted by Gasteiger charge is -1.94. The Balaban J connectivity index is 2.59. The highest BCUT2D eigenvalue weighted by molar-refractivity contribution is 7.80. The smallest absolute Gasteiger partial charge is 0.184 e. The van der Waals surface area contributed by atoms with Gasteiger partial charge in [-0.3, -0.25) is 10.4 Å². The molecule has 6 heteroatoms. The van der Waals surface area contributed by atoms with Crippen LogP contribution in [0.3, 0.4) is 0 Å². The molecule has 4 N–H and O–H groups in total. The molecule has 1 aromatic rings. The number of nitrogens with two attached hydrogens (primary N) is 1.